The normalized spacial score (nSPS) is 11.5. The highest BCUT2D eigenvalue weighted by atomic mass is 79.9. The zero-order chi connectivity index (χ0) is 9.35. The molecule has 1 N–H and O–H groups in total. The van der Waals surface area contributed by atoms with Gasteiger partial charge in [0.2, 0.25) is 0 Å². The molecule has 12 heavy (non-hydrogen) atoms. The second-order valence-corrected chi connectivity index (χ2v) is 5.40. The minimum absolute atomic E-state index is 0.446. The summed E-state index contributed by atoms with van der Waals surface area (Å²) in [6.45, 7) is 0. The first-order valence-electron chi connectivity index (χ1n) is 2.74. The Bertz CT molecular complexity index is 452. The van der Waals surface area contributed by atoms with Gasteiger partial charge in [-0.1, -0.05) is 0 Å². The Morgan fingerprint density at radius 1 is 1.50 bits per heavy atom. The van der Waals surface area contributed by atoms with E-state index in [0.717, 1.165) is 6.07 Å². The van der Waals surface area contributed by atoms with Crippen molar-refractivity contribution in [1.29, 1.82) is 0 Å². The van der Waals surface area contributed by atoms with Gasteiger partial charge in [0.15, 0.2) is 0 Å². The molecule has 1 heterocycles. The highest BCUT2D eigenvalue weighted by Crippen LogP contribution is 2.14. The molecule has 0 amide bonds. The van der Waals surface area contributed by atoms with Gasteiger partial charge in [0.1, 0.15) is 4.90 Å². The van der Waals surface area contributed by atoms with E-state index in [1.54, 1.807) is 0 Å². The quantitative estimate of drug-likeness (QED) is 0.778. The number of nitrogens with one attached hydrogen (secondary N) is 1. The van der Waals surface area contributed by atoms with Gasteiger partial charge in [-0.25, -0.2) is 8.42 Å². The first kappa shape index (κ1) is 9.76. The molecule has 0 unspecified atom stereocenters. The second kappa shape index (κ2) is 3.20. The molecule has 0 aliphatic heterocycles. The van der Waals surface area contributed by atoms with E-state index < -0.39 is 19.5 Å². The van der Waals surface area contributed by atoms with Gasteiger partial charge in [0, 0.05) is 21.4 Å². The van der Waals surface area contributed by atoms with Crippen LogP contribution in [0.25, 0.3) is 0 Å². The van der Waals surface area contributed by atoms with Crippen LogP contribution in [-0.4, -0.2) is 13.4 Å². The van der Waals surface area contributed by atoms with Gasteiger partial charge in [-0.2, -0.15) is 0 Å². The van der Waals surface area contributed by atoms with Crippen LogP contribution in [0.3, 0.4) is 0 Å². The summed E-state index contributed by atoms with van der Waals surface area (Å²) in [6, 6.07) is 1.14. The Balaban J connectivity index is 3.55. The second-order valence-electron chi connectivity index (χ2n) is 1.95. The Morgan fingerprint density at radius 2 is 2.08 bits per heavy atom. The van der Waals surface area contributed by atoms with Crippen LogP contribution < -0.4 is 5.56 Å². The van der Waals surface area contributed by atoms with Crippen LogP contribution >= 0.6 is 26.6 Å². The summed E-state index contributed by atoms with van der Waals surface area (Å²) < 4.78 is 21.9. The SMILES string of the molecule is O=c1[nH]cc(Br)cc1S(=O)(=O)Cl. The molecule has 0 radical (unpaired) electrons. The van der Waals surface area contributed by atoms with Crippen LogP contribution in [0.4, 0.5) is 0 Å². The maximum absolute atomic E-state index is 10.9. The smallest absolute Gasteiger partial charge is 0.268 e. The number of pyridine rings is 1. The van der Waals surface area contributed by atoms with Gasteiger partial charge in [-0.15, -0.1) is 0 Å². The molecule has 0 atom stereocenters. The van der Waals surface area contributed by atoms with Crippen LogP contribution in [-0.2, 0) is 9.05 Å². The molecule has 1 aromatic heterocycles. The zero-order valence-electron chi connectivity index (χ0n) is 5.54. The molecule has 0 fully saturated rings. The van der Waals surface area contributed by atoms with Crippen molar-refractivity contribution in [3.63, 3.8) is 0 Å². The van der Waals surface area contributed by atoms with Crippen molar-refractivity contribution in [3.8, 4) is 0 Å². The Labute approximate surface area is 81.1 Å². The zero-order valence-corrected chi connectivity index (χ0v) is 8.70. The van der Waals surface area contributed by atoms with E-state index in [4.69, 9.17) is 10.7 Å². The molecule has 0 saturated carbocycles. The minimum atomic E-state index is -3.96. The molecule has 0 spiro atoms. The van der Waals surface area contributed by atoms with E-state index in [-0.39, 0.29) is 0 Å². The molecular formula is C5H3BrClNO3S. The molecule has 0 saturated heterocycles. The van der Waals surface area contributed by atoms with Gasteiger partial charge >= 0.3 is 0 Å². The van der Waals surface area contributed by atoms with Crippen molar-refractivity contribution in [3.05, 3.63) is 27.1 Å². The van der Waals surface area contributed by atoms with Crippen molar-refractivity contribution < 1.29 is 8.42 Å². The number of hydrogen-bond acceptors (Lipinski definition) is 3. The van der Waals surface area contributed by atoms with E-state index in [2.05, 4.69) is 20.9 Å². The fraction of sp³-hybridized carbons (Fsp3) is 0. The summed E-state index contributed by atoms with van der Waals surface area (Å²) in [4.78, 5) is 12.6. The number of aromatic nitrogens is 1. The van der Waals surface area contributed by atoms with E-state index in [1.807, 2.05) is 0 Å². The standard InChI is InChI=1S/C5H3BrClNO3S/c6-3-1-4(12(7,10)11)5(9)8-2-3/h1-2H,(H,8,9). The summed E-state index contributed by atoms with van der Waals surface area (Å²) in [5.41, 5.74) is -0.729. The van der Waals surface area contributed by atoms with Crippen molar-refractivity contribution in [2.45, 2.75) is 4.90 Å². The molecule has 0 aromatic carbocycles. The fourth-order valence-corrected chi connectivity index (χ4v) is 2.01. The Hall–Kier alpha value is -0.330. The van der Waals surface area contributed by atoms with Crippen molar-refractivity contribution >= 4 is 35.7 Å². The lowest BCUT2D eigenvalue weighted by atomic mass is 10.5. The van der Waals surface area contributed by atoms with Crippen LogP contribution in [0.5, 0.6) is 0 Å². The van der Waals surface area contributed by atoms with Gasteiger partial charge < -0.3 is 4.98 Å². The monoisotopic (exact) mass is 271 g/mol. The minimum Gasteiger partial charge on any atom is -0.327 e. The number of hydrogen-bond donors (Lipinski definition) is 1. The molecule has 4 nitrogen and oxygen atoms in total. The van der Waals surface area contributed by atoms with Gasteiger partial charge in [0.05, 0.1) is 0 Å². The molecule has 66 valence electrons. The maximum atomic E-state index is 10.9. The molecule has 1 rings (SSSR count). The molecular weight excluding hydrogens is 269 g/mol. The lowest BCUT2D eigenvalue weighted by molar-refractivity contribution is 0.608. The maximum Gasteiger partial charge on any atom is 0.268 e. The van der Waals surface area contributed by atoms with E-state index in [1.165, 1.54) is 6.20 Å². The topological polar surface area (TPSA) is 67.0 Å². The molecule has 7 heteroatoms. The fourth-order valence-electron chi connectivity index (χ4n) is 0.619. The highest BCUT2D eigenvalue weighted by molar-refractivity contribution is 9.10. The number of aromatic amines is 1. The molecule has 1 aromatic rings. The van der Waals surface area contributed by atoms with Crippen LogP contribution in [0.15, 0.2) is 26.4 Å². The van der Waals surface area contributed by atoms with Crippen LogP contribution in [0.2, 0.25) is 0 Å². The first-order valence-corrected chi connectivity index (χ1v) is 5.84. The average molecular weight is 273 g/mol. The average Bonchev–Trinajstić information content (AvgIpc) is 1.92. The number of rotatable bonds is 1. The third kappa shape index (κ3) is 2.09. The summed E-state index contributed by atoms with van der Waals surface area (Å²) in [5, 5.41) is 0. The number of H-pyrrole nitrogens is 1. The third-order valence-electron chi connectivity index (χ3n) is 1.10. The largest absolute Gasteiger partial charge is 0.327 e. The predicted octanol–water partition coefficient (Wildman–Crippen LogP) is 1.06. The van der Waals surface area contributed by atoms with E-state index in [0.29, 0.717) is 4.47 Å². The lowest BCUT2D eigenvalue weighted by Crippen LogP contribution is -2.13. The number of halogens is 2. The summed E-state index contributed by atoms with van der Waals surface area (Å²) in [7, 11) is 1.01. The van der Waals surface area contributed by atoms with Crippen molar-refractivity contribution in [2.75, 3.05) is 0 Å². The molecule has 0 bridgehead atoms. The summed E-state index contributed by atoms with van der Waals surface area (Å²) in [6.07, 6.45) is 1.33. The molecule has 0 aliphatic carbocycles. The van der Waals surface area contributed by atoms with Crippen molar-refractivity contribution in [1.82, 2.24) is 4.98 Å². The van der Waals surface area contributed by atoms with Crippen molar-refractivity contribution in [2.24, 2.45) is 0 Å². The Kier molecular flexibility index (Phi) is 2.60. The third-order valence-corrected chi connectivity index (χ3v) is 2.88. The molecule has 0 aliphatic rings. The summed E-state index contributed by atoms with van der Waals surface area (Å²) in [5.74, 6) is 0. The summed E-state index contributed by atoms with van der Waals surface area (Å²) >= 11 is 3.00. The van der Waals surface area contributed by atoms with Crippen LogP contribution in [0, 0.1) is 0 Å². The van der Waals surface area contributed by atoms with E-state index in [9.17, 15) is 13.2 Å². The van der Waals surface area contributed by atoms with Crippen LogP contribution in [0.1, 0.15) is 0 Å². The highest BCUT2D eigenvalue weighted by Gasteiger charge is 2.14. The van der Waals surface area contributed by atoms with E-state index >= 15 is 0 Å². The lowest BCUT2D eigenvalue weighted by Gasteiger charge is -1.94. The van der Waals surface area contributed by atoms with Gasteiger partial charge in [-0.3, -0.25) is 4.79 Å². The predicted molar refractivity (Wildman–Crippen MR) is 47.8 cm³/mol. The Morgan fingerprint density at radius 3 is 2.50 bits per heavy atom. The van der Waals surface area contributed by atoms with Gasteiger partial charge in [-0.05, 0) is 22.0 Å². The van der Waals surface area contributed by atoms with Gasteiger partial charge in [0.25, 0.3) is 14.6 Å². The first-order chi connectivity index (χ1) is 5.41.